The van der Waals surface area contributed by atoms with Gasteiger partial charge < -0.3 is 19.5 Å². The van der Waals surface area contributed by atoms with E-state index in [9.17, 15) is 5.11 Å². The topological polar surface area (TPSA) is 96.1 Å². The standard InChI is InChI=1S/C27H40FN5O3/c1-6-31-9-11-32(12-10-31)16-19-7-8-23(22(28)13-19)33(26(29)17-35-4)27(30)21-14-20(18(2)3)25(36-5)15-24(21)34/h7-8,13-14,18,25,29-30,34H,6,9-12,15-17H2,1-5H3. The van der Waals surface area contributed by atoms with Crippen LogP contribution in [0.3, 0.4) is 0 Å². The molecule has 1 aliphatic heterocycles. The SMILES string of the molecule is CCN1CCN(Cc2ccc(N(C(=N)COC)C(=N)C3=C(O)CC(OC)C(C(C)C)=C3)c(F)c2)CC1. The number of methoxy groups -OCH3 is 2. The first-order valence-corrected chi connectivity index (χ1v) is 12.5. The second-order valence-corrected chi connectivity index (χ2v) is 9.65. The lowest BCUT2D eigenvalue weighted by Crippen LogP contribution is -2.45. The van der Waals surface area contributed by atoms with Gasteiger partial charge in [0.1, 0.15) is 29.9 Å². The third kappa shape index (κ3) is 6.39. The van der Waals surface area contributed by atoms with Gasteiger partial charge in [-0.15, -0.1) is 0 Å². The number of nitrogens with one attached hydrogen (secondary N) is 2. The molecule has 0 amide bonds. The second kappa shape index (κ2) is 12.6. The van der Waals surface area contributed by atoms with Crippen molar-refractivity contribution in [3.8, 4) is 0 Å². The molecule has 198 valence electrons. The molecule has 2 aliphatic rings. The summed E-state index contributed by atoms with van der Waals surface area (Å²) in [7, 11) is 3.04. The fourth-order valence-corrected chi connectivity index (χ4v) is 4.78. The summed E-state index contributed by atoms with van der Waals surface area (Å²) in [5, 5.41) is 28.2. The average molecular weight is 502 g/mol. The van der Waals surface area contributed by atoms with E-state index >= 15 is 4.39 Å². The van der Waals surface area contributed by atoms with Gasteiger partial charge in [-0.25, -0.2) is 4.39 Å². The van der Waals surface area contributed by atoms with Gasteiger partial charge in [-0.3, -0.25) is 20.6 Å². The summed E-state index contributed by atoms with van der Waals surface area (Å²) in [6, 6.07) is 4.93. The van der Waals surface area contributed by atoms with Crippen LogP contribution in [0.4, 0.5) is 10.1 Å². The normalized spacial score (nSPS) is 19.5. The van der Waals surface area contributed by atoms with Gasteiger partial charge in [-0.2, -0.15) is 0 Å². The Bertz CT molecular complexity index is 1010. The molecule has 1 aromatic rings. The molecule has 9 heteroatoms. The number of anilines is 1. The quantitative estimate of drug-likeness (QED) is 0.347. The van der Waals surface area contributed by atoms with E-state index < -0.39 is 5.82 Å². The molecule has 1 heterocycles. The summed E-state index contributed by atoms with van der Waals surface area (Å²) in [5.74, 6) is -0.685. The lowest BCUT2D eigenvalue weighted by Gasteiger charge is -2.34. The zero-order valence-electron chi connectivity index (χ0n) is 22.1. The number of nitrogens with zero attached hydrogens (tertiary/aromatic N) is 3. The van der Waals surface area contributed by atoms with Crippen molar-refractivity contribution >= 4 is 17.4 Å². The van der Waals surface area contributed by atoms with Crippen LogP contribution in [0.5, 0.6) is 0 Å². The Morgan fingerprint density at radius 2 is 1.83 bits per heavy atom. The van der Waals surface area contributed by atoms with Crippen LogP contribution in [-0.2, 0) is 16.0 Å². The van der Waals surface area contributed by atoms with E-state index in [0.29, 0.717) is 6.54 Å². The number of halogens is 1. The van der Waals surface area contributed by atoms with Crippen LogP contribution in [-0.4, -0.2) is 86.2 Å². The van der Waals surface area contributed by atoms with E-state index in [-0.39, 0.29) is 53.7 Å². The number of aliphatic hydroxyl groups excluding tert-OH is 1. The summed E-state index contributed by atoms with van der Waals surface area (Å²) >= 11 is 0. The minimum atomic E-state index is -0.524. The third-order valence-electron chi connectivity index (χ3n) is 6.92. The van der Waals surface area contributed by atoms with Crippen LogP contribution in [0, 0.1) is 22.6 Å². The minimum Gasteiger partial charge on any atom is -0.511 e. The largest absolute Gasteiger partial charge is 0.511 e. The molecule has 1 atom stereocenters. The first kappa shape index (κ1) is 28.0. The number of aliphatic hydroxyl groups is 1. The van der Waals surface area contributed by atoms with Gasteiger partial charge >= 0.3 is 0 Å². The molecule has 1 fully saturated rings. The zero-order chi connectivity index (χ0) is 26.4. The molecular formula is C27H40FN5O3. The molecule has 8 nitrogen and oxygen atoms in total. The van der Waals surface area contributed by atoms with Crippen LogP contribution >= 0.6 is 0 Å². The molecule has 0 bridgehead atoms. The molecule has 1 saturated heterocycles. The molecule has 3 N–H and O–H groups in total. The third-order valence-corrected chi connectivity index (χ3v) is 6.92. The van der Waals surface area contributed by atoms with Crippen LogP contribution in [0.2, 0.25) is 0 Å². The Balaban J connectivity index is 1.89. The second-order valence-electron chi connectivity index (χ2n) is 9.65. The summed E-state index contributed by atoms with van der Waals surface area (Å²) in [4.78, 5) is 5.91. The lowest BCUT2D eigenvalue weighted by molar-refractivity contribution is 0.111. The summed E-state index contributed by atoms with van der Waals surface area (Å²) in [5.41, 5.74) is 2.11. The van der Waals surface area contributed by atoms with Crippen molar-refractivity contribution in [3.63, 3.8) is 0 Å². The van der Waals surface area contributed by atoms with Gasteiger partial charge in [0.25, 0.3) is 0 Å². The van der Waals surface area contributed by atoms with Crippen molar-refractivity contribution in [2.75, 3.05) is 58.5 Å². The molecule has 0 saturated carbocycles. The maximum atomic E-state index is 15.5. The summed E-state index contributed by atoms with van der Waals surface area (Å²) in [6.07, 6.45) is 1.66. The molecular weight excluding hydrogens is 461 g/mol. The number of piperazine rings is 1. The zero-order valence-corrected chi connectivity index (χ0v) is 22.1. The first-order valence-electron chi connectivity index (χ1n) is 12.5. The highest BCUT2D eigenvalue weighted by atomic mass is 19.1. The van der Waals surface area contributed by atoms with E-state index in [1.54, 1.807) is 19.3 Å². The van der Waals surface area contributed by atoms with Crippen molar-refractivity contribution in [2.24, 2.45) is 5.92 Å². The van der Waals surface area contributed by atoms with E-state index in [1.807, 2.05) is 19.9 Å². The number of rotatable bonds is 9. The first-order chi connectivity index (χ1) is 17.2. The number of likely N-dealkylation sites (N-methyl/N-ethyl adjacent to an activating group) is 1. The molecule has 1 unspecified atom stereocenters. The Labute approximate surface area is 214 Å². The van der Waals surface area contributed by atoms with Crippen LogP contribution < -0.4 is 4.90 Å². The highest BCUT2D eigenvalue weighted by Crippen LogP contribution is 2.32. The monoisotopic (exact) mass is 501 g/mol. The fourth-order valence-electron chi connectivity index (χ4n) is 4.78. The molecule has 1 aromatic carbocycles. The number of benzene rings is 1. The van der Waals surface area contributed by atoms with Crippen molar-refractivity contribution in [2.45, 2.75) is 39.8 Å². The highest BCUT2D eigenvalue weighted by Gasteiger charge is 2.31. The molecule has 0 aromatic heterocycles. The number of ether oxygens (including phenoxy) is 2. The molecule has 0 spiro atoms. The predicted octanol–water partition coefficient (Wildman–Crippen LogP) is 4.18. The van der Waals surface area contributed by atoms with Gasteiger partial charge in [-0.1, -0.05) is 26.8 Å². The van der Waals surface area contributed by atoms with Crippen LogP contribution in [0.1, 0.15) is 32.8 Å². The van der Waals surface area contributed by atoms with Gasteiger partial charge in [0, 0.05) is 53.4 Å². The van der Waals surface area contributed by atoms with E-state index in [4.69, 9.17) is 20.3 Å². The van der Waals surface area contributed by atoms with Crippen molar-refractivity contribution < 1.29 is 19.0 Å². The van der Waals surface area contributed by atoms with E-state index in [0.717, 1.165) is 43.9 Å². The number of hydrogen-bond donors (Lipinski definition) is 3. The smallest absolute Gasteiger partial charge is 0.147 e. The number of amidine groups is 2. The predicted molar refractivity (Wildman–Crippen MR) is 142 cm³/mol. The Hall–Kier alpha value is -2.59. The minimum absolute atomic E-state index is 0.0188. The maximum Gasteiger partial charge on any atom is 0.147 e. The number of hydrogen-bond acceptors (Lipinski definition) is 7. The van der Waals surface area contributed by atoms with Crippen LogP contribution in [0.15, 0.2) is 41.2 Å². The van der Waals surface area contributed by atoms with E-state index in [2.05, 4.69) is 16.7 Å². The highest BCUT2D eigenvalue weighted by molar-refractivity contribution is 6.24. The van der Waals surface area contributed by atoms with Gasteiger partial charge in [0.05, 0.1) is 17.4 Å². The molecule has 3 rings (SSSR count). The van der Waals surface area contributed by atoms with Crippen molar-refractivity contribution in [1.29, 1.82) is 10.8 Å². The van der Waals surface area contributed by atoms with E-state index in [1.165, 1.54) is 18.1 Å². The van der Waals surface area contributed by atoms with Crippen molar-refractivity contribution in [1.82, 2.24) is 9.80 Å². The Kier molecular flexibility index (Phi) is 9.78. The molecule has 36 heavy (non-hydrogen) atoms. The Morgan fingerprint density at radius 1 is 1.17 bits per heavy atom. The van der Waals surface area contributed by atoms with Gasteiger partial charge in [0.2, 0.25) is 0 Å². The average Bonchev–Trinajstić information content (AvgIpc) is 2.85. The fraction of sp³-hybridized carbons (Fsp3) is 0.556. The van der Waals surface area contributed by atoms with Crippen LogP contribution in [0.25, 0.3) is 0 Å². The van der Waals surface area contributed by atoms with Crippen molar-refractivity contribution in [3.05, 3.63) is 52.6 Å². The van der Waals surface area contributed by atoms with Gasteiger partial charge in [0.15, 0.2) is 0 Å². The lowest BCUT2D eigenvalue weighted by atomic mass is 9.87. The summed E-state index contributed by atoms with van der Waals surface area (Å²) < 4.78 is 26.2. The summed E-state index contributed by atoms with van der Waals surface area (Å²) in [6.45, 7) is 11.7. The molecule has 0 radical (unpaired) electrons. The molecule has 1 aliphatic carbocycles. The maximum absolute atomic E-state index is 15.5. The Morgan fingerprint density at radius 3 is 2.39 bits per heavy atom. The van der Waals surface area contributed by atoms with Gasteiger partial charge in [-0.05, 0) is 41.8 Å².